The quantitative estimate of drug-likeness (QED) is 0.895. The molecule has 16 heavy (non-hydrogen) atoms. The molecule has 2 aromatic rings. The molecular formula is C11H13ClN2OS. The summed E-state index contributed by atoms with van der Waals surface area (Å²) >= 11 is 7.27. The van der Waals surface area contributed by atoms with Crippen molar-refractivity contribution in [2.45, 2.75) is 26.8 Å². The summed E-state index contributed by atoms with van der Waals surface area (Å²) in [4.78, 5) is 4.15. The van der Waals surface area contributed by atoms with Gasteiger partial charge >= 0.3 is 0 Å². The van der Waals surface area contributed by atoms with Gasteiger partial charge in [0.1, 0.15) is 16.7 Å². The number of hydrogen-bond acceptors (Lipinski definition) is 4. The number of furan rings is 1. The second kappa shape index (κ2) is 4.47. The first-order valence-corrected chi connectivity index (χ1v) is 6.26. The highest BCUT2D eigenvalue weighted by atomic mass is 35.5. The van der Waals surface area contributed by atoms with Crippen LogP contribution in [-0.2, 0) is 0 Å². The number of anilines is 1. The predicted molar refractivity (Wildman–Crippen MR) is 67.3 cm³/mol. The molecule has 1 unspecified atom stereocenters. The maximum Gasteiger partial charge on any atom is 0.184 e. The number of rotatable bonds is 3. The lowest BCUT2D eigenvalue weighted by atomic mass is 10.1. The molecule has 86 valence electrons. The second-order valence-electron chi connectivity index (χ2n) is 3.71. The molecular weight excluding hydrogens is 244 g/mol. The second-order valence-corrected chi connectivity index (χ2v) is 4.96. The van der Waals surface area contributed by atoms with Crippen LogP contribution in [0.1, 0.15) is 30.0 Å². The molecule has 2 heterocycles. The Kier molecular flexibility index (Phi) is 3.21. The average Bonchev–Trinajstić information content (AvgIpc) is 2.73. The van der Waals surface area contributed by atoms with Crippen LogP contribution in [0.2, 0.25) is 5.15 Å². The third-order valence-electron chi connectivity index (χ3n) is 2.36. The van der Waals surface area contributed by atoms with Crippen molar-refractivity contribution in [1.29, 1.82) is 0 Å². The molecule has 0 aliphatic carbocycles. The molecule has 5 heteroatoms. The number of thiazole rings is 1. The summed E-state index contributed by atoms with van der Waals surface area (Å²) in [6, 6.07) is 2.21. The maximum atomic E-state index is 5.77. The van der Waals surface area contributed by atoms with E-state index in [4.69, 9.17) is 16.0 Å². The Morgan fingerprint density at radius 1 is 1.50 bits per heavy atom. The fourth-order valence-corrected chi connectivity index (χ4v) is 2.59. The van der Waals surface area contributed by atoms with Crippen molar-refractivity contribution in [3.63, 3.8) is 0 Å². The highest BCUT2D eigenvalue weighted by Gasteiger charge is 2.13. The lowest BCUT2D eigenvalue weighted by Gasteiger charge is -2.11. The first-order chi connectivity index (χ1) is 7.56. The number of hydrogen-bond donors (Lipinski definition) is 1. The van der Waals surface area contributed by atoms with E-state index in [0.29, 0.717) is 5.15 Å². The Labute approximate surface area is 103 Å². The summed E-state index contributed by atoms with van der Waals surface area (Å²) in [5.41, 5.74) is 1.16. The van der Waals surface area contributed by atoms with Crippen LogP contribution in [0.4, 0.5) is 5.13 Å². The monoisotopic (exact) mass is 256 g/mol. The fourth-order valence-electron chi connectivity index (χ4n) is 1.66. The van der Waals surface area contributed by atoms with Crippen molar-refractivity contribution in [3.05, 3.63) is 33.7 Å². The zero-order valence-corrected chi connectivity index (χ0v) is 10.9. The van der Waals surface area contributed by atoms with Crippen LogP contribution >= 0.6 is 22.9 Å². The van der Waals surface area contributed by atoms with Gasteiger partial charge in [0.05, 0.1) is 6.04 Å². The van der Waals surface area contributed by atoms with Gasteiger partial charge in [0, 0.05) is 10.9 Å². The van der Waals surface area contributed by atoms with E-state index in [-0.39, 0.29) is 6.04 Å². The van der Waals surface area contributed by atoms with E-state index < -0.39 is 0 Å². The Hall–Kier alpha value is -1.00. The number of aryl methyl sites for hydroxylation is 2. The molecule has 0 aliphatic rings. The van der Waals surface area contributed by atoms with Gasteiger partial charge in [0.2, 0.25) is 0 Å². The van der Waals surface area contributed by atoms with Gasteiger partial charge in [-0.25, -0.2) is 4.98 Å². The minimum atomic E-state index is 0.166. The highest BCUT2D eigenvalue weighted by Crippen LogP contribution is 2.27. The molecule has 0 aromatic carbocycles. The smallest absolute Gasteiger partial charge is 0.184 e. The molecule has 1 atom stereocenters. The van der Waals surface area contributed by atoms with Gasteiger partial charge < -0.3 is 9.73 Å². The van der Waals surface area contributed by atoms with E-state index in [9.17, 15) is 0 Å². The molecule has 2 aromatic heterocycles. The topological polar surface area (TPSA) is 38.1 Å². The van der Waals surface area contributed by atoms with Crippen molar-refractivity contribution in [2.75, 3.05) is 5.32 Å². The Morgan fingerprint density at radius 2 is 2.25 bits per heavy atom. The lowest BCUT2D eigenvalue weighted by Crippen LogP contribution is -2.06. The third-order valence-corrected chi connectivity index (χ3v) is 3.46. The van der Waals surface area contributed by atoms with Crippen LogP contribution in [-0.4, -0.2) is 4.98 Å². The number of aromatic nitrogens is 1. The predicted octanol–water partition coefficient (Wildman–Crippen LogP) is 4.18. The number of nitrogens with zero attached hydrogens (tertiary/aromatic N) is 1. The maximum absolute atomic E-state index is 5.77. The first kappa shape index (κ1) is 11.5. The minimum Gasteiger partial charge on any atom is -0.466 e. The molecule has 0 radical (unpaired) electrons. The Balaban J connectivity index is 2.14. The summed E-state index contributed by atoms with van der Waals surface area (Å²) in [5.74, 6) is 1.87. The minimum absolute atomic E-state index is 0.166. The van der Waals surface area contributed by atoms with Crippen molar-refractivity contribution in [2.24, 2.45) is 0 Å². The third kappa shape index (κ3) is 2.39. The van der Waals surface area contributed by atoms with Gasteiger partial charge in [-0.1, -0.05) is 11.6 Å². The van der Waals surface area contributed by atoms with E-state index in [0.717, 1.165) is 22.2 Å². The molecule has 0 fully saturated rings. The molecule has 0 aliphatic heterocycles. The standard InChI is InChI=1S/C11H13ClN2OS/c1-6-4-9(8(3)15-6)7(2)13-11-14-10(12)5-16-11/h4-5,7H,1-3H3,(H,13,14). The summed E-state index contributed by atoms with van der Waals surface area (Å²) in [7, 11) is 0. The SMILES string of the molecule is Cc1cc(C(C)Nc2nc(Cl)cs2)c(C)o1. The van der Waals surface area contributed by atoms with Gasteiger partial charge in [-0.2, -0.15) is 0 Å². The summed E-state index contributed by atoms with van der Waals surface area (Å²) in [6.45, 7) is 5.99. The zero-order valence-electron chi connectivity index (χ0n) is 9.37. The summed E-state index contributed by atoms with van der Waals surface area (Å²) in [6.07, 6.45) is 0. The van der Waals surface area contributed by atoms with E-state index in [1.807, 2.05) is 25.3 Å². The van der Waals surface area contributed by atoms with E-state index in [1.165, 1.54) is 11.3 Å². The Morgan fingerprint density at radius 3 is 2.75 bits per heavy atom. The lowest BCUT2D eigenvalue weighted by molar-refractivity contribution is 0.500. The first-order valence-electron chi connectivity index (χ1n) is 5.00. The summed E-state index contributed by atoms with van der Waals surface area (Å²) in [5, 5.41) is 6.46. The van der Waals surface area contributed by atoms with E-state index >= 15 is 0 Å². The van der Waals surface area contributed by atoms with Gasteiger partial charge in [0.15, 0.2) is 5.13 Å². The van der Waals surface area contributed by atoms with Gasteiger partial charge in [-0.15, -0.1) is 11.3 Å². The van der Waals surface area contributed by atoms with Crippen LogP contribution < -0.4 is 5.32 Å². The van der Waals surface area contributed by atoms with Crippen LogP contribution in [0.3, 0.4) is 0 Å². The van der Waals surface area contributed by atoms with Crippen molar-refractivity contribution < 1.29 is 4.42 Å². The average molecular weight is 257 g/mol. The molecule has 0 amide bonds. The van der Waals surface area contributed by atoms with E-state index in [2.05, 4.69) is 17.2 Å². The van der Waals surface area contributed by atoms with Gasteiger partial charge in [-0.3, -0.25) is 0 Å². The largest absolute Gasteiger partial charge is 0.466 e. The van der Waals surface area contributed by atoms with Crippen LogP contribution in [0.5, 0.6) is 0 Å². The van der Waals surface area contributed by atoms with Crippen molar-refractivity contribution in [1.82, 2.24) is 4.98 Å². The molecule has 2 rings (SSSR count). The normalized spacial score (nSPS) is 12.8. The molecule has 0 saturated heterocycles. The van der Waals surface area contributed by atoms with Gasteiger partial charge in [-0.05, 0) is 26.8 Å². The fraction of sp³-hybridized carbons (Fsp3) is 0.364. The molecule has 1 N–H and O–H groups in total. The summed E-state index contributed by atoms with van der Waals surface area (Å²) < 4.78 is 5.50. The van der Waals surface area contributed by atoms with Crippen LogP contribution in [0, 0.1) is 13.8 Å². The van der Waals surface area contributed by atoms with E-state index in [1.54, 1.807) is 0 Å². The zero-order chi connectivity index (χ0) is 11.7. The molecule has 0 bridgehead atoms. The number of halogens is 1. The molecule has 0 spiro atoms. The van der Waals surface area contributed by atoms with Crippen LogP contribution in [0.25, 0.3) is 0 Å². The Bertz CT molecular complexity index is 492. The molecule has 0 saturated carbocycles. The van der Waals surface area contributed by atoms with Crippen molar-refractivity contribution in [3.8, 4) is 0 Å². The number of nitrogens with one attached hydrogen (secondary N) is 1. The highest BCUT2D eigenvalue weighted by molar-refractivity contribution is 7.14. The van der Waals surface area contributed by atoms with Crippen LogP contribution in [0.15, 0.2) is 15.9 Å². The van der Waals surface area contributed by atoms with Crippen molar-refractivity contribution >= 4 is 28.1 Å². The molecule has 3 nitrogen and oxygen atoms in total. The van der Waals surface area contributed by atoms with Gasteiger partial charge in [0.25, 0.3) is 0 Å².